The first kappa shape index (κ1) is 17.4. The van der Waals surface area contributed by atoms with Gasteiger partial charge in [-0.25, -0.2) is 0 Å². The highest BCUT2D eigenvalue weighted by Crippen LogP contribution is 2.22. The van der Waals surface area contributed by atoms with Crippen LogP contribution in [0.15, 0.2) is 78.9 Å². The molecule has 0 aromatic heterocycles. The fourth-order valence-corrected chi connectivity index (χ4v) is 2.69. The van der Waals surface area contributed by atoms with Gasteiger partial charge in [-0.2, -0.15) is 0 Å². The summed E-state index contributed by atoms with van der Waals surface area (Å²) in [5.41, 5.74) is 3.60. The molecule has 3 aromatic carbocycles. The van der Waals surface area contributed by atoms with E-state index < -0.39 is 4.92 Å². The Morgan fingerprint density at radius 2 is 1.46 bits per heavy atom. The number of hydrogen-bond donors (Lipinski definition) is 1. The molecule has 1 amide bonds. The van der Waals surface area contributed by atoms with Crippen LogP contribution in [0.4, 0.5) is 5.69 Å². The van der Waals surface area contributed by atoms with Gasteiger partial charge in [-0.15, -0.1) is 0 Å². The van der Waals surface area contributed by atoms with Gasteiger partial charge in [0.15, 0.2) is 0 Å². The zero-order valence-electron chi connectivity index (χ0n) is 14.3. The van der Waals surface area contributed by atoms with Crippen LogP contribution in [0.3, 0.4) is 0 Å². The lowest BCUT2D eigenvalue weighted by Gasteiger charge is -2.15. The van der Waals surface area contributed by atoms with Crippen molar-refractivity contribution in [2.75, 3.05) is 0 Å². The molecule has 0 unspecified atom stereocenters. The molecular formula is C21H18N2O3. The maximum atomic E-state index is 12.3. The number of rotatable bonds is 5. The third-order valence-corrected chi connectivity index (χ3v) is 4.21. The molecule has 0 heterocycles. The van der Waals surface area contributed by atoms with Crippen molar-refractivity contribution in [2.45, 2.75) is 13.0 Å². The number of nitro benzene ring substituents is 1. The van der Waals surface area contributed by atoms with Crippen molar-refractivity contribution >= 4 is 11.6 Å². The Kier molecular flexibility index (Phi) is 5.08. The first-order chi connectivity index (χ1) is 12.5. The second-order valence-electron chi connectivity index (χ2n) is 5.99. The topological polar surface area (TPSA) is 72.2 Å². The number of non-ortho nitro benzene ring substituents is 1. The van der Waals surface area contributed by atoms with E-state index in [-0.39, 0.29) is 17.6 Å². The van der Waals surface area contributed by atoms with E-state index in [0.717, 1.165) is 16.7 Å². The van der Waals surface area contributed by atoms with Gasteiger partial charge >= 0.3 is 0 Å². The molecule has 3 aromatic rings. The molecule has 5 heteroatoms. The molecule has 0 aliphatic carbocycles. The molecule has 0 aliphatic rings. The molecule has 0 saturated carbocycles. The number of nitro groups is 1. The predicted molar refractivity (Wildman–Crippen MR) is 101 cm³/mol. The van der Waals surface area contributed by atoms with Crippen LogP contribution in [-0.2, 0) is 0 Å². The third-order valence-electron chi connectivity index (χ3n) is 4.21. The van der Waals surface area contributed by atoms with Crippen LogP contribution in [0.2, 0.25) is 0 Å². The molecule has 0 radical (unpaired) electrons. The Morgan fingerprint density at radius 3 is 2.04 bits per heavy atom. The monoisotopic (exact) mass is 346 g/mol. The molecule has 0 spiro atoms. The summed E-state index contributed by atoms with van der Waals surface area (Å²) in [4.78, 5) is 22.5. The Morgan fingerprint density at radius 1 is 0.885 bits per heavy atom. The number of benzene rings is 3. The highest BCUT2D eigenvalue weighted by atomic mass is 16.6. The van der Waals surface area contributed by atoms with Gasteiger partial charge in [0.1, 0.15) is 0 Å². The second-order valence-corrected chi connectivity index (χ2v) is 5.99. The van der Waals surface area contributed by atoms with Crippen LogP contribution in [0, 0.1) is 10.1 Å². The average Bonchev–Trinajstić information content (AvgIpc) is 2.68. The summed E-state index contributed by atoms with van der Waals surface area (Å²) < 4.78 is 0. The van der Waals surface area contributed by atoms with Gasteiger partial charge in [-0.3, -0.25) is 14.9 Å². The van der Waals surface area contributed by atoms with Crippen LogP contribution >= 0.6 is 0 Å². The standard InChI is InChI=1S/C21H18N2O3/c1-15(22-21(24)19-11-13-20(14-12-19)23(25)26)16-7-9-18(10-8-16)17-5-3-2-4-6-17/h2-15H,1H3,(H,22,24)/t15-/m1/s1. The zero-order valence-corrected chi connectivity index (χ0v) is 14.3. The van der Waals surface area contributed by atoms with E-state index in [1.807, 2.05) is 49.4 Å². The van der Waals surface area contributed by atoms with Crippen molar-refractivity contribution in [2.24, 2.45) is 0 Å². The second kappa shape index (κ2) is 7.61. The first-order valence-corrected chi connectivity index (χ1v) is 8.25. The van der Waals surface area contributed by atoms with E-state index in [1.54, 1.807) is 0 Å². The maximum Gasteiger partial charge on any atom is 0.269 e. The SMILES string of the molecule is C[C@@H](NC(=O)c1ccc([N+](=O)[O-])cc1)c1ccc(-c2ccccc2)cc1. The maximum absolute atomic E-state index is 12.3. The fourth-order valence-electron chi connectivity index (χ4n) is 2.69. The van der Waals surface area contributed by atoms with Crippen molar-refractivity contribution < 1.29 is 9.72 Å². The molecule has 0 saturated heterocycles. The average molecular weight is 346 g/mol. The van der Waals surface area contributed by atoms with Crippen molar-refractivity contribution in [3.8, 4) is 11.1 Å². The Balaban J connectivity index is 1.68. The number of hydrogen-bond acceptors (Lipinski definition) is 3. The summed E-state index contributed by atoms with van der Waals surface area (Å²) in [5, 5.41) is 13.6. The Hall–Kier alpha value is -3.47. The summed E-state index contributed by atoms with van der Waals surface area (Å²) in [6, 6.07) is 23.5. The van der Waals surface area contributed by atoms with Crippen LogP contribution in [0.5, 0.6) is 0 Å². The number of carbonyl (C=O) groups is 1. The molecule has 1 N–H and O–H groups in total. The zero-order chi connectivity index (χ0) is 18.5. The molecule has 0 bridgehead atoms. The number of nitrogens with zero attached hydrogens (tertiary/aromatic N) is 1. The molecule has 1 atom stereocenters. The van der Waals surface area contributed by atoms with Gasteiger partial charge in [0.05, 0.1) is 11.0 Å². The van der Waals surface area contributed by atoms with Crippen LogP contribution in [0.1, 0.15) is 28.9 Å². The predicted octanol–water partition coefficient (Wildman–Crippen LogP) is 4.75. The number of nitrogens with one attached hydrogen (secondary N) is 1. The Labute approximate surface area is 151 Å². The van der Waals surface area contributed by atoms with Crippen molar-refractivity contribution in [1.29, 1.82) is 0 Å². The third kappa shape index (κ3) is 3.95. The van der Waals surface area contributed by atoms with Gasteiger partial charge in [0.25, 0.3) is 11.6 Å². The van der Waals surface area contributed by atoms with E-state index in [4.69, 9.17) is 0 Å². The van der Waals surface area contributed by atoms with Crippen LogP contribution in [-0.4, -0.2) is 10.8 Å². The van der Waals surface area contributed by atoms with Gasteiger partial charge in [0, 0.05) is 17.7 Å². The van der Waals surface area contributed by atoms with Gasteiger partial charge in [-0.05, 0) is 35.7 Å². The molecule has 26 heavy (non-hydrogen) atoms. The minimum absolute atomic E-state index is 0.0360. The molecular weight excluding hydrogens is 328 g/mol. The van der Waals surface area contributed by atoms with Crippen molar-refractivity contribution in [1.82, 2.24) is 5.32 Å². The number of carbonyl (C=O) groups excluding carboxylic acids is 1. The highest BCUT2D eigenvalue weighted by Gasteiger charge is 2.13. The normalized spacial score (nSPS) is 11.6. The summed E-state index contributed by atoms with van der Waals surface area (Å²) in [6.07, 6.45) is 0. The largest absolute Gasteiger partial charge is 0.346 e. The molecule has 3 rings (SSSR count). The van der Waals surface area contributed by atoms with Crippen molar-refractivity contribution in [3.63, 3.8) is 0 Å². The molecule has 5 nitrogen and oxygen atoms in total. The lowest BCUT2D eigenvalue weighted by atomic mass is 10.0. The summed E-state index contributed by atoms with van der Waals surface area (Å²) in [6.45, 7) is 1.90. The fraction of sp³-hybridized carbons (Fsp3) is 0.0952. The van der Waals surface area contributed by atoms with E-state index in [9.17, 15) is 14.9 Å². The smallest absolute Gasteiger partial charge is 0.269 e. The lowest BCUT2D eigenvalue weighted by molar-refractivity contribution is -0.384. The van der Waals surface area contributed by atoms with E-state index in [2.05, 4.69) is 17.4 Å². The lowest BCUT2D eigenvalue weighted by Crippen LogP contribution is -2.26. The van der Waals surface area contributed by atoms with E-state index in [0.29, 0.717) is 5.56 Å². The van der Waals surface area contributed by atoms with E-state index in [1.165, 1.54) is 24.3 Å². The van der Waals surface area contributed by atoms with Crippen LogP contribution in [0.25, 0.3) is 11.1 Å². The van der Waals surface area contributed by atoms with Gasteiger partial charge in [-0.1, -0.05) is 54.6 Å². The summed E-state index contributed by atoms with van der Waals surface area (Å²) >= 11 is 0. The minimum Gasteiger partial charge on any atom is -0.346 e. The van der Waals surface area contributed by atoms with Crippen molar-refractivity contribution in [3.05, 3.63) is 100 Å². The molecule has 0 fully saturated rings. The van der Waals surface area contributed by atoms with E-state index >= 15 is 0 Å². The summed E-state index contributed by atoms with van der Waals surface area (Å²) in [5.74, 6) is -0.264. The summed E-state index contributed by atoms with van der Waals surface area (Å²) in [7, 11) is 0. The Bertz CT molecular complexity index is 904. The first-order valence-electron chi connectivity index (χ1n) is 8.25. The molecule has 130 valence electrons. The quantitative estimate of drug-likeness (QED) is 0.535. The number of amides is 1. The minimum atomic E-state index is -0.487. The van der Waals surface area contributed by atoms with Gasteiger partial charge < -0.3 is 5.32 Å². The van der Waals surface area contributed by atoms with Gasteiger partial charge in [0.2, 0.25) is 0 Å². The highest BCUT2D eigenvalue weighted by molar-refractivity contribution is 5.94. The molecule has 0 aliphatic heterocycles. The van der Waals surface area contributed by atoms with Crippen LogP contribution < -0.4 is 5.32 Å².